The number of thiophene rings is 1. The van der Waals surface area contributed by atoms with Crippen LogP contribution in [0.3, 0.4) is 0 Å². The van der Waals surface area contributed by atoms with Gasteiger partial charge in [0.05, 0.1) is 11.1 Å². The molecule has 152 valence electrons. The minimum Gasteiger partial charge on any atom is -0.325 e. The zero-order valence-electron chi connectivity index (χ0n) is 15.7. The highest BCUT2D eigenvalue weighted by atomic mass is 35.5. The molecule has 0 fully saturated rings. The van der Waals surface area contributed by atoms with E-state index in [0.717, 1.165) is 9.44 Å². The van der Waals surface area contributed by atoms with Crippen LogP contribution in [-0.2, 0) is 11.3 Å². The number of halogens is 2. The number of anilines is 1. The number of amides is 1. The normalized spacial score (nSPS) is 11.0. The largest absolute Gasteiger partial charge is 0.337 e. The van der Waals surface area contributed by atoms with Crippen molar-refractivity contribution in [1.29, 1.82) is 0 Å². The minimum atomic E-state index is -0.608. The molecule has 0 atom stereocenters. The molecular formula is C21H15Cl2N3O3S. The zero-order valence-corrected chi connectivity index (χ0v) is 18.0. The molecule has 0 aliphatic carbocycles. The van der Waals surface area contributed by atoms with E-state index in [1.165, 1.54) is 22.0 Å². The van der Waals surface area contributed by atoms with E-state index >= 15 is 0 Å². The summed E-state index contributed by atoms with van der Waals surface area (Å²) < 4.78 is 2.34. The van der Waals surface area contributed by atoms with Crippen LogP contribution < -0.4 is 16.6 Å². The molecule has 0 aliphatic rings. The van der Waals surface area contributed by atoms with Crippen molar-refractivity contribution in [3.05, 3.63) is 90.4 Å². The van der Waals surface area contributed by atoms with Crippen LogP contribution >= 0.6 is 34.5 Å². The van der Waals surface area contributed by atoms with Gasteiger partial charge in [-0.3, -0.25) is 14.2 Å². The second-order valence-electron chi connectivity index (χ2n) is 6.62. The minimum absolute atomic E-state index is 0.251. The van der Waals surface area contributed by atoms with Crippen molar-refractivity contribution in [2.45, 2.75) is 13.5 Å². The quantitative estimate of drug-likeness (QED) is 0.489. The van der Waals surface area contributed by atoms with Crippen LogP contribution in [0.15, 0.2) is 64.2 Å². The number of nitrogens with zero attached hydrogens (tertiary/aromatic N) is 2. The maximum absolute atomic E-state index is 13.2. The van der Waals surface area contributed by atoms with Crippen LogP contribution in [0.25, 0.3) is 15.9 Å². The topological polar surface area (TPSA) is 73.1 Å². The molecular weight excluding hydrogens is 445 g/mol. The number of fused-ring (bicyclic) bond motifs is 1. The predicted octanol–water partition coefficient (Wildman–Crippen LogP) is 4.47. The van der Waals surface area contributed by atoms with Crippen molar-refractivity contribution in [2.24, 2.45) is 0 Å². The van der Waals surface area contributed by atoms with Gasteiger partial charge in [0, 0.05) is 20.6 Å². The van der Waals surface area contributed by atoms with Gasteiger partial charge in [-0.2, -0.15) is 0 Å². The number of hydrogen-bond acceptors (Lipinski definition) is 4. The molecule has 0 unspecified atom stereocenters. The van der Waals surface area contributed by atoms with Crippen LogP contribution in [0.4, 0.5) is 5.69 Å². The summed E-state index contributed by atoms with van der Waals surface area (Å²) in [6, 6.07) is 14.8. The van der Waals surface area contributed by atoms with E-state index in [9.17, 15) is 14.4 Å². The van der Waals surface area contributed by atoms with Gasteiger partial charge in [-0.05, 0) is 55.5 Å². The molecule has 0 saturated heterocycles. The van der Waals surface area contributed by atoms with E-state index in [4.69, 9.17) is 23.2 Å². The smallest absolute Gasteiger partial charge is 0.325 e. The summed E-state index contributed by atoms with van der Waals surface area (Å²) in [5.74, 6) is -0.400. The lowest BCUT2D eigenvalue weighted by Crippen LogP contribution is -2.40. The average Bonchev–Trinajstić information content (AvgIpc) is 3.09. The molecule has 9 heteroatoms. The number of hydrogen-bond donors (Lipinski definition) is 1. The van der Waals surface area contributed by atoms with Crippen molar-refractivity contribution < 1.29 is 4.79 Å². The number of carbonyl (C=O) groups is 1. The van der Waals surface area contributed by atoms with Gasteiger partial charge in [0.1, 0.15) is 11.4 Å². The first kappa shape index (κ1) is 20.4. The van der Waals surface area contributed by atoms with Crippen LogP contribution in [0.5, 0.6) is 0 Å². The fraction of sp³-hybridized carbons (Fsp3) is 0.0952. The molecule has 0 bridgehead atoms. The molecule has 1 N–H and O–H groups in total. The summed E-state index contributed by atoms with van der Waals surface area (Å²) in [4.78, 5) is 40.2. The van der Waals surface area contributed by atoms with Crippen molar-refractivity contribution in [3.8, 4) is 5.69 Å². The van der Waals surface area contributed by atoms with Gasteiger partial charge in [0.2, 0.25) is 5.91 Å². The van der Waals surface area contributed by atoms with E-state index in [1.807, 2.05) is 6.92 Å². The molecule has 0 radical (unpaired) electrons. The molecule has 2 aromatic heterocycles. The van der Waals surface area contributed by atoms with Crippen LogP contribution in [0.2, 0.25) is 10.0 Å². The molecule has 0 spiro atoms. The Morgan fingerprint density at radius 1 is 1.03 bits per heavy atom. The second-order valence-corrected chi connectivity index (χ2v) is 8.73. The first-order valence-corrected chi connectivity index (χ1v) is 10.5. The SMILES string of the molecule is Cc1cc2c(=O)n(-c3cccc(Cl)c3)c(=O)n(CC(=O)Nc3ccc(Cl)cc3)c2s1. The number of aryl methyl sites for hydroxylation is 1. The lowest BCUT2D eigenvalue weighted by atomic mass is 10.3. The van der Waals surface area contributed by atoms with Gasteiger partial charge in [0.25, 0.3) is 5.56 Å². The Morgan fingerprint density at radius 3 is 2.47 bits per heavy atom. The van der Waals surface area contributed by atoms with E-state index < -0.39 is 17.2 Å². The lowest BCUT2D eigenvalue weighted by molar-refractivity contribution is -0.116. The van der Waals surface area contributed by atoms with Crippen molar-refractivity contribution in [1.82, 2.24) is 9.13 Å². The average molecular weight is 460 g/mol. The molecule has 2 aromatic carbocycles. The summed E-state index contributed by atoms with van der Waals surface area (Å²) in [6.45, 7) is 1.59. The summed E-state index contributed by atoms with van der Waals surface area (Å²) >= 11 is 13.2. The van der Waals surface area contributed by atoms with E-state index in [0.29, 0.717) is 31.6 Å². The Bertz CT molecular complexity index is 1390. The maximum atomic E-state index is 13.2. The Kier molecular flexibility index (Phi) is 5.51. The Balaban J connectivity index is 1.82. The van der Waals surface area contributed by atoms with Crippen molar-refractivity contribution in [3.63, 3.8) is 0 Å². The summed E-state index contributed by atoms with van der Waals surface area (Å²) in [6.07, 6.45) is 0. The van der Waals surface area contributed by atoms with Crippen LogP contribution in [-0.4, -0.2) is 15.0 Å². The van der Waals surface area contributed by atoms with Gasteiger partial charge in [-0.15, -0.1) is 11.3 Å². The van der Waals surface area contributed by atoms with E-state index in [2.05, 4.69) is 5.32 Å². The van der Waals surface area contributed by atoms with Gasteiger partial charge < -0.3 is 5.32 Å². The Hall–Kier alpha value is -2.87. The number of nitrogens with one attached hydrogen (secondary N) is 1. The molecule has 4 rings (SSSR count). The summed E-state index contributed by atoms with van der Waals surface area (Å²) in [5.41, 5.74) is -0.159. The molecule has 2 heterocycles. The number of carbonyl (C=O) groups excluding carboxylic acids is 1. The van der Waals surface area contributed by atoms with Gasteiger partial charge in [0.15, 0.2) is 0 Å². The van der Waals surface area contributed by atoms with Crippen LogP contribution in [0, 0.1) is 6.92 Å². The third-order valence-corrected chi connectivity index (χ3v) is 5.99. The number of benzene rings is 2. The first-order chi connectivity index (χ1) is 14.3. The summed E-state index contributed by atoms with van der Waals surface area (Å²) in [5, 5.41) is 4.06. The molecule has 6 nitrogen and oxygen atoms in total. The van der Waals surface area contributed by atoms with Crippen molar-refractivity contribution >= 4 is 56.3 Å². The number of rotatable bonds is 4. The predicted molar refractivity (Wildman–Crippen MR) is 122 cm³/mol. The highest BCUT2D eigenvalue weighted by molar-refractivity contribution is 7.18. The van der Waals surface area contributed by atoms with Crippen molar-refractivity contribution in [2.75, 3.05) is 5.32 Å². The lowest BCUT2D eigenvalue weighted by Gasteiger charge is -2.12. The Labute approximate surface area is 184 Å². The maximum Gasteiger partial charge on any atom is 0.337 e. The fourth-order valence-electron chi connectivity index (χ4n) is 3.13. The van der Waals surface area contributed by atoms with Gasteiger partial charge >= 0.3 is 5.69 Å². The van der Waals surface area contributed by atoms with Crippen LogP contribution in [0.1, 0.15) is 4.88 Å². The standard InChI is InChI=1S/C21H15Cl2N3O3S/c1-12-9-17-19(28)26(16-4-2-3-14(23)10-16)21(29)25(20(17)30-12)11-18(27)24-15-7-5-13(22)6-8-15/h2-10H,11H2,1H3,(H,24,27). The van der Waals surface area contributed by atoms with E-state index in [1.54, 1.807) is 48.5 Å². The highest BCUT2D eigenvalue weighted by Gasteiger charge is 2.19. The van der Waals surface area contributed by atoms with Gasteiger partial charge in [-0.25, -0.2) is 9.36 Å². The molecule has 4 aromatic rings. The fourth-order valence-corrected chi connectivity index (χ4v) is 4.43. The first-order valence-electron chi connectivity index (χ1n) is 8.91. The highest BCUT2D eigenvalue weighted by Crippen LogP contribution is 2.22. The Morgan fingerprint density at radius 2 is 1.77 bits per heavy atom. The molecule has 1 amide bonds. The van der Waals surface area contributed by atoms with Gasteiger partial charge in [-0.1, -0.05) is 29.3 Å². The molecule has 0 saturated carbocycles. The zero-order chi connectivity index (χ0) is 21.4. The second kappa shape index (κ2) is 8.10. The molecule has 30 heavy (non-hydrogen) atoms. The number of aromatic nitrogens is 2. The molecule has 0 aliphatic heterocycles. The third kappa shape index (κ3) is 3.92. The monoisotopic (exact) mass is 459 g/mol. The third-order valence-electron chi connectivity index (χ3n) is 4.43. The summed E-state index contributed by atoms with van der Waals surface area (Å²) in [7, 11) is 0. The van der Waals surface area contributed by atoms with E-state index in [-0.39, 0.29) is 6.54 Å².